The maximum atomic E-state index is 12.3. The number of fused-ring (bicyclic) bond motifs is 1. The molecule has 0 amide bonds. The zero-order valence-electron chi connectivity index (χ0n) is 14.5. The summed E-state index contributed by atoms with van der Waals surface area (Å²) in [5.74, 6) is 1.13. The first-order valence-electron chi connectivity index (χ1n) is 8.60. The van der Waals surface area contributed by atoms with Crippen molar-refractivity contribution in [2.45, 2.75) is 52.6 Å². The van der Waals surface area contributed by atoms with Crippen molar-refractivity contribution < 1.29 is 9.15 Å². The Morgan fingerprint density at radius 3 is 2.88 bits per heavy atom. The number of ether oxygens (including phenoxy) is 1. The number of benzene rings is 1. The van der Waals surface area contributed by atoms with Crippen LogP contribution in [0.25, 0.3) is 11.0 Å². The first-order valence-corrected chi connectivity index (χ1v) is 8.60. The Balaban J connectivity index is 1.79. The second-order valence-corrected chi connectivity index (χ2v) is 6.10. The summed E-state index contributed by atoms with van der Waals surface area (Å²) in [6, 6.07) is 5.52. The van der Waals surface area contributed by atoms with E-state index in [-0.39, 0.29) is 12.2 Å². The predicted octanol–water partition coefficient (Wildman–Crippen LogP) is 3.32. The van der Waals surface area contributed by atoms with Gasteiger partial charge in [-0.15, -0.1) is 5.10 Å². The summed E-state index contributed by atoms with van der Waals surface area (Å²) in [6.07, 6.45) is 5.28. The lowest BCUT2D eigenvalue weighted by Gasteiger charge is -2.09. The molecule has 0 unspecified atom stereocenters. The van der Waals surface area contributed by atoms with Crippen LogP contribution in [0.5, 0.6) is 5.75 Å². The summed E-state index contributed by atoms with van der Waals surface area (Å²) in [4.78, 5) is 12.3. The number of unbranched alkanes of at least 4 members (excludes halogenated alkanes) is 3. The second kappa shape index (κ2) is 7.92. The van der Waals surface area contributed by atoms with E-state index in [1.165, 1.54) is 12.8 Å². The lowest BCUT2D eigenvalue weighted by molar-refractivity contribution is 0.296. The third kappa shape index (κ3) is 4.04. The third-order valence-corrected chi connectivity index (χ3v) is 4.30. The van der Waals surface area contributed by atoms with E-state index in [1.54, 1.807) is 6.07 Å². The predicted molar refractivity (Wildman–Crippen MR) is 93.6 cm³/mol. The fourth-order valence-corrected chi connectivity index (χ4v) is 2.87. The molecule has 3 rings (SSSR count). The molecule has 3 aromatic rings. The molecular formula is C18H22N4O3. The quantitative estimate of drug-likeness (QED) is 0.498. The van der Waals surface area contributed by atoms with Gasteiger partial charge in [0.2, 0.25) is 0 Å². The van der Waals surface area contributed by atoms with Crippen LogP contribution in [0.3, 0.4) is 0 Å². The molecule has 1 N–H and O–H groups in total. The smallest absolute Gasteiger partial charge is 0.339 e. The summed E-state index contributed by atoms with van der Waals surface area (Å²) >= 11 is 0. The van der Waals surface area contributed by atoms with Gasteiger partial charge in [0.1, 0.15) is 17.9 Å². The Kier molecular flexibility index (Phi) is 5.42. The molecule has 0 radical (unpaired) electrons. The monoisotopic (exact) mass is 342 g/mol. The van der Waals surface area contributed by atoms with Crippen molar-refractivity contribution in [1.82, 2.24) is 20.6 Å². The highest BCUT2D eigenvalue weighted by Gasteiger charge is 2.12. The molecule has 1 aromatic carbocycles. The fourth-order valence-electron chi connectivity index (χ4n) is 2.87. The average molecular weight is 342 g/mol. The molecule has 0 saturated heterocycles. The zero-order valence-corrected chi connectivity index (χ0v) is 14.5. The van der Waals surface area contributed by atoms with Gasteiger partial charge in [0, 0.05) is 17.0 Å². The Hall–Kier alpha value is -2.70. The summed E-state index contributed by atoms with van der Waals surface area (Å²) in [6.45, 7) is 4.38. The number of hydrogen-bond acceptors (Lipinski definition) is 6. The number of aryl methyl sites for hydroxylation is 1. The van der Waals surface area contributed by atoms with Crippen LogP contribution in [0.2, 0.25) is 0 Å². The van der Waals surface area contributed by atoms with E-state index in [2.05, 4.69) is 27.5 Å². The number of nitrogens with zero attached hydrogens (tertiary/aromatic N) is 3. The van der Waals surface area contributed by atoms with E-state index < -0.39 is 0 Å². The van der Waals surface area contributed by atoms with Crippen LogP contribution in [-0.4, -0.2) is 20.6 Å². The molecule has 0 fully saturated rings. The first kappa shape index (κ1) is 17.1. The van der Waals surface area contributed by atoms with E-state index in [0.29, 0.717) is 17.2 Å². The number of aromatic amines is 1. The van der Waals surface area contributed by atoms with Gasteiger partial charge in [0.15, 0.2) is 5.82 Å². The fraction of sp³-hybridized carbons (Fsp3) is 0.444. The molecule has 7 nitrogen and oxygen atoms in total. The summed E-state index contributed by atoms with van der Waals surface area (Å²) in [7, 11) is 0. The van der Waals surface area contributed by atoms with Crippen LogP contribution >= 0.6 is 0 Å². The SMILES string of the molecule is CCCCCCc1c(C)c2ccc(OCc3nnn[nH]3)cc2oc1=O. The Labute approximate surface area is 145 Å². The van der Waals surface area contributed by atoms with Gasteiger partial charge >= 0.3 is 5.63 Å². The third-order valence-electron chi connectivity index (χ3n) is 4.30. The van der Waals surface area contributed by atoms with Gasteiger partial charge in [-0.05, 0) is 47.9 Å². The second-order valence-electron chi connectivity index (χ2n) is 6.10. The molecule has 0 saturated carbocycles. The Bertz CT molecular complexity index is 887. The number of tetrazole rings is 1. The molecule has 0 aliphatic carbocycles. The van der Waals surface area contributed by atoms with Gasteiger partial charge in [-0.1, -0.05) is 26.2 Å². The summed E-state index contributed by atoms with van der Waals surface area (Å²) < 4.78 is 11.1. The highest BCUT2D eigenvalue weighted by Crippen LogP contribution is 2.25. The van der Waals surface area contributed by atoms with Crippen molar-refractivity contribution >= 4 is 11.0 Å². The molecule has 7 heteroatoms. The van der Waals surface area contributed by atoms with E-state index in [9.17, 15) is 4.79 Å². The molecule has 2 aromatic heterocycles. The summed E-state index contributed by atoms with van der Waals surface area (Å²) in [5, 5.41) is 14.3. The largest absolute Gasteiger partial charge is 0.485 e. The van der Waals surface area contributed by atoms with Crippen molar-refractivity contribution in [3.63, 3.8) is 0 Å². The standard InChI is InChI=1S/C18H22N4O3/c1-3-4-5-6-7-15-12(2)14-9-8-13(10-16(14)25-18(15)23)24-11-17-19-21-22-20-17/h8-10H,3-7,11H2,1-2H3,(H,19,20,21,22). The zero-order chi connectivity index (χ0) is 17.6. The van der Waals surface area contributed by atoms with E-state index in [1.807, 2.05) is 19.1 Å². The lowest BCUT2D eigenvalue weighted by atomic mass is 10.0. The first-order chi connectivity index (χ1) is 12.2. The van der Waals surface area contributed by atoms with Crippen molar-refractivity contribution in [3.8, 4) is 5.75 Å². The van der Waals surface area contributed by atoms with Gasteiger partial charge in [0.25, 0.3) is 0 Å². The maximum absolute atomic E-state index is 12.3. The molecule has 0 aliphatic rings. The Morgan fingerprint density at radius 2 is 2.12 bits per heavy atom. The number of rotatable bonds is 8. The summed E-state index contributed by atoms with van der Waals surface area (Å²) in [5.41, 5.74) is 2.06. The van der Waals surface area contributed by atoms with Gasteiger partial charge in [-0.25, -0.2) is 9.89 Å². The van der Waals surface area contributed by atoms with Gasteiger partial charge < -0.3 is 9.15 Å². The van der Waals surface area contributed by atoms with Crippen molar-refractivity contribution in [3.05, 3.63) is 45.6 Å². The Morgan fingerprint density at radius 1 is 1.24 bits per heavy atom. The average Bonchev–Trinajstić information content (AvgIpc) is 3.12. The molecule has 132 valence electrons. The van der Waals surface area contributed by atoms with Gasteiger partial charge in [0.05, 0.1) is 0 Å². The van der Waals surface area contributed by atoms with Crippen LogP contribution in [-0.2, 0) is 13.0 Å². The minimum atomic E-state index is -0.252. The van der Waals surface area contributed by atoms with Gasteiger partial charge in [-0.3, -0.25) is 0 Å². The van der Waals surface area contributed by atoms with E-state index in [0.717, 1.165) is 35.8 Å². The molecule has 0 atom stereocenters. The normalized spacial score (nSPS) is 11.1. The molecule has 25 heavy (non-hydrogen) atoms. The molecule has 0 spiro atoms. The van der Waals surface area contributed by atoms with E-state index >= 15 is 0 Å². The molecular weight excluding hydrogens is 320 g/mol. The minimum absolute atomic E-state index is 0.219. The number of aromatic nitrogens is 4. The van der Waals surface area contributed by atoms with Crippen LogP contribution in [0, 0.1) is 6.92 Å². The highest BCUT2D eigenvalue weighted by atomic mass is 16.5. The van der Waals surface area contributed by atoms with Gasteiger partial charge in [-0.2, -0.15) is 0 Å². The topological polar surface area (TPSA) is 93.9 Å². The molecule has 2 heterocycles. The number of H-pyrrole nitrogens is 1. The van der Waals surface area contributed by atoms with E-state index in [4.69, 9.17) is 9.15 Å². The van der Waals surface area contributed by atoms with Crippen molar-refractivity contribution in [2.75, 3.05) is 0 Å². The maximum Gasteiger partial charge on any atom is 0.339 e. The molecule has 0 bridgehead atoms. The molecule has 0 aliphatic heterocycles. The van der Waals surface area contributed by atoms with Crippen LogP contribution in [0.4, 0.5) is 0 Å². The van der Waals surface area contributed by atoms with Crippen molar-refractivity contribution in [2.24, 2.45) is 0 Å². The van der Waals surface area contributed by atoms with Crippen LogP contribution < -0.4 is 10.4 Å². The lowest BCUT2D eigenvalue weighted by Crippen LogP contribution is -2.10. The van der Waals surface area contributed by atoms with Crippen LogP contribution in [0.1, 0.15) is 49.6 Å². The number of hydrogen-bond donors (Lipinski definition) is 1. The highest BCUT2D eigenvalue weighted by molar-refractivity contribution is 5.82. The minimum Gasteiger partial charge on any atom is -0.485 e. The van der Waals surface area contributed by atoms with Crippen LogP contribution in [0.15, 0.2) is 27.4 Å². The van der Waals surface area contributed by atoms with Crippen molar-refractivity contribution in [1.29, 1.82) is 0 Å². The number of nitrogens with one attached hydrogen (secondary N) is 1.